The van der Waals surface area contributed by atoms with Crippen LogP contribution in [0.4, 0.5) is 0 Å². The molecule has 0 aliphatic rings. The molecule has 0 bridgehead atoms. The first-order chi connectivity index (χ1) is 15.9. The second kappa shape index (κ2) is 9.40. The maximum absolute atomic E-state index is 13.1. The lowest BCUT2D eigenvalue weighted by Gasteiger charge is -2.15. The quantitative estimate of drug-likeness (QED) is 0.381. The molecule has 0 aliphatic heterocycles. The fourth-order valence-corrected chi connectivity index (χ4v) is 3.91. The highest BCUT2D eigenvalue weighted by Gasteiger charge is 2.15. The highest BCUT2D eigenvalue weighted by Crippen LogP contribution is 2.31. The van der Waals surface area contributed by atoms with E-state index in [9.17, 15) is 9.90 Å². The Hall–Kier alpha value is -3.75. The average molecular weight is 459 g/mol. The highest BCUT2D eigenvalue weighted by atomic mass is 35.5. The predicted octanol–water partition coefficient (Wildman–Crippen LogP) is 5.61. The molecule has 0 radical (unpaired) electrons. The van der Waals surface area contributed by atoms with E-state index in [-0.39, 0.29) is 29.6 Å². The predicted molar refractivity (Wildman–Crippen MR) is 132 cm³/mol. The summed E-state index contributed by atoms with van der Waals surface area (Å²) in [6.45, 7) is 4.66. The number of hydrogen-bond donors (Lipinski definition) is 1. The molecule has 0 unspecified atom stereocenters. The van der Waals surface area contributed by atoms with Crippen LogP contribution in [-0.4, -0.2) is 21.3 Å². The summed E-state index contributed by atoms with van der Waals surface area (Å²) in [5, 5.41) is 10.7. The van der Waals surface area contributed by atoms with Gasteiger partial charge in [-0.2, -0.15) is 4.98 Å². The summed E-state index contributed by atoms with van der Waals surface area (Å²) >= 11 is 6.06. The minimum Gasteiger partial charge on any atom is -0.506 e. The molecule has 0 saturated carbocycles. The Morgan fingerprint density at radius 2 is 1.88 bits per heavy atom. The first-order valence-electron chi connectivity index (χ1n) is 10.6. The van der Waals surface area contributed by atoms with Gasteiger partial charge >= 0.3 is 5.69 Å². The smallest absolute Gasteiger partial charge is 0.348 e. The number of aromatic nitrogens is 2. The monoisotopic (exact) mass is 458 g/mol. The molecule has 0 aliphatic carbocycles. The second-order valence-corrected chi connectivity index (χ2v) is 8.47. The van der Waals surface area contributed by atoms with E-state index >= 15 is 0 Å². The normalized spacial score (nSPS) is 11.0. The van der Waals surface area contributed by atoms with Crippen LogP contribution in [0.1, 0.15) is 30.9 Å². The van der Waals surface area contributed by atoms with Gasteiger partial charge in [0, 0.05) is 10.9 Å². The van der Waals surface area contributed by atoms with Crippen LogP contribution in [0.25, 0.3) is 22.2 Å². The van der Waals surface area contributed by atoms with Gasteiger partial charge in [0.2, 0.25) is 0 Å². The number of terminal acetylenes is 1. The number of hydrogen-bond acceptors (Lipinski definition) is 4. The van der Waals surface area contributed by atoms with E-state index in [0.717, 1.165) is 16.5 Å². The van der Waals surface area contributed by atoms with E-state index in [1.54, 1.807) is 22.8 Å². The van der Waals surface area contributed by atoms with Gasteiger partial charge in [-0.3, -0.25) is 4.57 Å². The first-order valence-corrected chi connectivity index (χ1v) is 10.9. The fourth-order valence-electron chi connectivity index (χ4n) is 3.70. The van der Waals surface area contributed by atoms with E-state index < -0.39 is 0 Å². The maximum Gasteiger partial charge on any atom is 0.348 e. The molecule has 0 spiro atoms. The molecule has 1 aromatic heterocycles. The minimum absolute atomic E-state index is 0.00811. The van der Waals surface area contributed by atoms with Crippen molar-refractivity contribution in [3.05, 3.63) is 87.3 Å². The summed E-state index contributed by atoms with van der Waals surface area (Å²) in [6.07, 6.45) is 5.34. The van der Waals surface area contributed by atoms with Gasteiger partial charge in [-0.25, -0.2) is 4.79 Å². The summed E-state index contributed by atoms with van der Waals surface area (Å²) in [5.74, 6) is 3.45. The summed E-state index contributed by atoms with van der Waals surface area (Å²) < 4.78 is 7.20. The molecule has 166 valence electrons. The largest absolute Gasteiger partial charge is 0.506 e. The Balaban J connectivity index is 1.89. The number of nitrogens with zero attached hydrogens (tertiary/aromatic N) is 2. The Morgan fingerprint density at radius 3 is 2.55 bits per heavy atom. The number of ether oxygens (including phenoxy) is 1. The number of phenolic OH excluding ortho intramolecular Hbond substituents is 1. The van der Waals surface area contributed by atoms with Gasteiger partial charge in [-0.1, -0.05) is 61.7 Å². The summed E-state index contributed by atoms with van der Waals surface area (Å²) in [5.41, 5.74) is 3.72. The lowest BCUT2D eigenvalue weighted by Crippen LogP contribution is -2.24. The Kier molecular flexibility index (Phi) is 6.39. The third-order valence-electron chi connectivity index (χ3n) is 5.48. The van der Waals surface area contributed by atoms with Crippen LogP contribution in [0.2, 0.25) is 5.02 Å². The molecule has 6 heteroatoms. The van der Waals surface area contributed by atoms with Crippen LogP contribution in [-0.2, 0) is 6.54 Å². The molecule has 1 N–H and O–H groups in total. The van der Waals surface area contributed by atoms with Crippen molar-refractivity contribution in [2.45, 2.75) is 26.3 Å². The summed E-state index contributed by atoms with van der Waals surface area (Å²) in [7, 11) is 0. The van der Waals surface area contributed by atoms with Gasteiger partial charge in [0.25, 0.3) is 0 Å². The van der Waals surface area contributed by atoms with Crippen molar-refractivity contribution in [2.24, 2.45) is 0 Å². The van der Waals surface area contributed by atoms with E-state index in [1.807, 2.05) is 24.3 Å². The van der Waals surface area contributed by atoms with Crippen LogP contribution >= 0.6 is 11.6 Å². The van der Waals surface area contributed by atoms with Crippen LogP contribution < -0.4 is 10.4 Å². The zero-order valence-corrected chi connectivity index (χ0v) is 19.1. The third-order valence-corrected chi connectivity index (χ3v) is 5.78. The SMILES string of the molecule is C#CCOc1ccc2c(c1)c(-c1ccc(C(C)C)cc1)nc(=O)n2Cc1ccc(O)c(Cl)c1. The molecule has 0 fully saturated rings. The number of fused-ring (bicyclic) bond motifs is 1. The van der Waals surface area contributed by atoms with Crippen LogP contribution in [0.3, 0.4) is 0 Å². The molecule has 33 heavy (non-hydrogen) atoms. The Bertz CT molecular complexity index is 1420. The fraction of sp³-hybridized carbons (Fsp3) is 0.185. The summed E-state index contributed by atoms with van der Waals surface area (Å²) in [4.78, 5) is 17.6. The van der Waals surface area contributed by atoms with Gasteiger partial charge in [0.1, 0.15) is 18.1 Å². The van der Waals surface area contributed by atoms with Crippen LogP contribution in [0, 0.1) is 12.3 Å². The molecular weight excluding hydrogens is 436 g/mol. The molecular formula is C27H23ClN2O3. The number of aromatic hydroxyl groups is 1. The summed E-state index contributed by atoms with van der Waals surface area (Å²) in [6, 6.07) is 18.4. The van der Waals surface area contributed by atoms with Crippen molar-refractivity contribution in [1.29, 1.82) is 0 Å². The number of halogens is 1. The first kappa shape index (κ1) is 22.4. The minimum atomic E-state index is -0.382. The van der Waals surface area contributed by atoms with Gasteiger partial charge in [0.15, 0.2) is 0 Å². The molecule has 0 saturated heterocycles. The van der Waals surface area contributed by atoms with Gasteiger partial charge < -0.3 is 9.84 Å². The van der Waals surface area contributed by atoms with Crippen LogP contribution in [0.5, 0.6) is 11.5 Å². The lowest BCUT2D eigenvalue weighted by molar-refractivity contribution is 0.371. The van der Waals surface area contributed by atoms with E-state index in [1.165, 1.54) is 11.6 Å². The molecule has 4 rings (SSSR count). The topological polar surface area (TPSA) is 64.3 Å². The molecule has 0 amide bonds. The second-order valence-electron chi connectivity index (χ2n) is 8.06. The maximum atomic E-state index is 13.1. The Labute approximate surface area is 197 Å². The number of rotatable bonds is 6. The standard InChI is InChI=1S/C27H23ClN2O3/c1-4-13-33-21-10-11-24-22(15-21)26(20-8-6-19(7-9-20)17(2)3)29-27(32)30(24)16-18-5-12-25(31)23(28)14-18/h1,5-12,14-15,17,31H,13,16H2,2-3H3. The molecule has 5 nitrogen and oxygen atoms in total. The van der Waals surface area contributed by atoms with Gasteiger partial charge in [0.05, 0.1) is 22.8 Å². The molecule has 0 atom stereocenters. The van der Waals surface area contributed by atoms with Crippen LogP contribution in [0.15, 0.2) is 65.5 Å². The van der Waals surface area contributed by atoms with E-state index in [0.29, 0.717) is 22.9 Å². The molecule has 4 aromatic rings. The Morgan fingerprint density at radius 1 is 1.12 bits per heavy atom. The van der Waals surface area contributed by atoms with Crippen molar-refractivity contribution < 1.29 is 9.84 Å². The van der Waals surface area contributed by atoms with Crippen molar-refractivity contribution >= 4 is 22.5 Å². The van der Waals surface area contributed by atoms with Crippen molar-refractivity contribution in [3.8, 4) is 35.1 Å². The van der Waals surface area contributed by atoms with Crippen molar-refractivity contribution in [2.75, 3.05) is 6.61 Å². The number of benzene rings is 3. The van der Waals surface area contributed by atoms with Crippen molar-refractivity contribution in [3.63, 3.8) is 0 Å². The van der Waals surface area contributed by atoms with E-state index in [4.69, 9.17) is 22.8 Å². The van der Waals surface area contributed by atoms with Gasteiger partial charge in [-0.15, -0.1) is 6.42 Å². The third kappa shape index (κ3) is 4.72. The van der Waals surface area contributed by atoms with Crippen molar-refractivity contribution in [1.82, 2.24) is 9.55 Å². The highest BCUT2D eigenvalue weighted by molar-refractivity contribution is 6.32. The zero-order chi connectivity index (χ0) is 23.5. The average Bonchev–Trinajstić information content (AvgIpc) is 2.81. The molecule has 1 heterocycles. The molecule has 3 aromatic carbocycles. The lowest BCUT2D eigenvalue weighted by atomic mass is 9.99. The zero-order valence-electron chi connectivity index (χ0n) is 18.4. The number of phenols is 1. The van der Waals surface area contributed by atoms with E-state index in [2.05, 4.69) is 36.9 Å². The van der Waals surface area contributed by atoms with Gasteiger partial charge in [-0.05, 0) is 47.4 Å².